The molecule has 0 aliphatic carbocycles. The van der Waals surface area contributed by atoms with Crippen molar-refractivity contribution in [1.29, 1.82) is 0 Å². The van der Waals surface area contributed by atoms with Crippen LogP contribution in [0.4, 0.5) is 14.1 Å². The van der Waals surface area contributed by atoms with Gasteiger partial charge in [0.1, 0.15) is 0 Å². The van der Waals surface area contributed by atoms with Gasteiger partial charge >= 0.3 is 0 Å². The zero-order chi connectivity index (χ0) is 5.98. The van der Waals surface area contributed by atoms with E-state index in [9.17, 15) is 0 Å². The van der Waals surface area contributed by atoms with Gasteiger partial charge in [-0.1, -0.05) is 28.6 Å². The zero-order valence-corrected chi connectivity index (χ0v) is 7.72. The maximum absolute atomic E-state index is 4.85. The van der Waals surface area contributed by atoms with E-state index in [1.165, 1.54) is 0 Å². The van der Waals surface area contributed by atoms with E-state index in [2.05, 4.69) is 15.9 Å². The van der Waals surface area contributed by atoms with Gasteiger partial charge in [-0.3, -0.25) is 14.1 Å². The summed E-state index contributed by atoms with van der Waals surface area (Å²) >= 11 is 8.15. The molecule has 0 fully saturated rings. The summed E-state index contributed by atoms with van der Waals surface area (Å²) < 4.78 is 1.08. The number of benzene rings is 1. The largest absolute Gasteiger partial charge is 0.269 e. The average Bonchev–Trinajstić information content (AvgIpc) is 1.77. The van der Waals surface area contributed by atoms with Crippen LogP contribution in [0.1, 0.15) is 0 Å². The van der Waals surface area contributed by atoms with Crippen molar-refractivity contribution < 1.29 is 14.1 Å². The summed E-state index contributed by atoms with van der Waals surface area (Å²) in [5, 5.41) is 0. The van der Waals surface area contributed by atoms with Crippen LogP contribution in [0.25, 0.3) is 0 Å². The average molecular weight is 248 g/mol. The molecule has 65 valence electrons. The van der Waals surface area contributed by atoms with Gasteiger partial charge in [-0.2, -0.15) is 0 Å². The summed E-state index contributed by atoms with van der Waals surface area (Å²) in [5.41, 5.74) is 0. The maximum Gasteiger partial charge on any atom is 0.0377 e. The molecule has 0 spiro atoms. The fourth-order valence-corrected chi connectivity index (χ4v) is 0.835. The maximum atomic E-state index is 4.85. The van der Waals surface area contributed by atoms with E-state index >= 15 is 0 Å². The third kappa shape index (κ3) is 6.12. The van der Waals surface area contributed by atoms with Gasteiger partial charge in [-0.25, -0.2) is 0 Å². The lowest BCUT2D eigenvalue weighted by molar-refractivity contribution is 1.11. The fraction of sp³-hybridized carbons (Fsp3) is 0. The Balaban J connectivity index is -0.000000213. The highest BCUT2D eigenvalue weighted by molar-refractivity contribution is 9.10. The van der Waals surface area contributed by atoms with Crippen LogP contribution in [0, 0.1) is 0 Å². The first-order valence-corrected chi connectivity index (χ1v) is 3.42. The van der Waals surface area contributed by atoms with Gasteiger partial charge in [0, 0.05) is 9.37 Å². The second kappa shape index (κ2) is 7.81. The van der Waals surface area contributed by atoms with E-state index in [-0.39, 0.29) is 14.1 Å². The number of hydrogen-bond acceptors (Lipinski definition) is 0. The summed E-state index contributed by atoms with van der Waals surface area (Å²) in [6.07, 6.45) is 0. The predicted molar refractivity (Wildman–Crippen MR) is 47.5 cm³/mol. The van der Waals surface area contributed by atoms with Crippen LogP contribution in [0.3, 0.4) is 0 Å². The lowest BCUT2D eigenvalue weighted by atomic mass is 10.4. The normalized spacial score (nSPS) is 6.64. The van der Waals surface area contributed by atoms with Crippen molar-refractivity contribution >= 4 is 28.6 Å². The monoisotopic (exact) mass is 247 g/mol. The molecule has 0 heterocycles. The molecule has 0 aliphatic heterocycles. The quantitative estimate of drug-likeness (QED) is 0.659. The SMILES string of the molecule is F.F.F.[S]c1ccc(Br)cc1. The Morgan fingerprint density at radius 2 is 1.27 bits per heavy atom. The van der Waals surface area contributed by atoms with Crippen LogP contribution < -0.4 is 0 Å². The smallest absolute Gasteiger partial charge is 0.0377 e. The van der Waals surface area contributed by atoms with E-state index in [0.717, 1.165) is 9.37 Å². The van der Waals surface area contributed by atoms with Gasteiger partial charge in [0.05, 0.1) is 0 Å². The molecule has 0 nitrogen and oxygen atoms in total. The van der Waals surface area contributed by atoms with E-state index in [1.54, 1.807) is 0 Å². The first-order valence-electron chi connectivity index (χ1n) is 2.21. The molecule has 1 aromatic carbocycles. The molecule has 0 aromatic heterocycles. The Kier molecular flexibility index (Phi) is 12.1. The van der Waals surface area contributed by atoms with Gasteiger partial charge < -0.3 is 0 Å². The molecule has 0 saturated carbocycles. The number of halogens is 4. The summed E-state index contributed by atoms with van der Waals surface area (Å²) in [5.74, 6) is 0. The Bertz CT molecular complexity index is 157. The lowest BCUT2D eigenvalue weighted by Gasteiger charge is -1.86. The van der Waals surface area contributed by atoms with Crippen molar-refractivity contribution in [3.63, 3.8) is 0 Å². The zero-order valence-electron chi connectivity index (χ0n) is 5.32. The second-order valence-electron chi connectivity index (χ2n) is 1.45. The molecular weight excluding hydrogens is 241 g/mol. The van der Waals surface area contributed by atoms with Crippen molar-refractivity contribution in [1.82, 2.24) is 0 Å². The Morgan fingerprint density at radius 1 is 0.909 bits per heavy atom. The highest BCUT2D eigenvalue weighted by Gasteiger charge is 1.83. The topological polar surface area (TPSA) is 0 Å². The lowest BCUT2D eigenvalue weighted by Crippen LogP contribution is -1.62. The molecule has 0 atom stereocenters. The first kappa shape index (κ1) is 17.0. The van der Waals surface area contributed by atoms with E-state index in [0.29, 0.717) is 0 Å². The first-order chi connectivity index (χ1) is 3.79. The minimum absolute atomic E-state index is 0. The summed E-state index contributed by atoms with van der Waals surface area (Å²) in [6, 6.07) is 7.64. The van der Waals surface area contributed by atoms with Gasteiger partial charge in [0.25, 0.3) is 0 Å². The van der Waals surface area contributed by atoms with Crippen LogP contribution in [0.15, 0.2) is 33.6 Å². The van der Waals surface area contributed by atoms with Gasteiger partial charge in [0.15, 0.2) is 0 Å². The van der Waals surface area contributed by atoms with Crippen LogP contribution >= 0.6 is 28.6 Å². The molecule has 0 aliphatic rings. The third-order valence-corrected chi connectivity index (χ3v) is 1.61. The molecule has 1 rings (SSSR count). The summed E-state index contributed by atoms with van der Waals surface area (Å²) in [4.78, 5) is 0.883. The van der Waals surface area contributed by atoms with Crippen LogP contribution in [-0.4, -0.2) is 0 Å². The standard InChI is InChI=1S/C6H4BrS.3FH/c7-5-1-3-6(8)4-2-5;;;/h1-4H;3*1H. The second-order valence-corrected chi connectivity index (χ2v) is 2.84. The van der Waals surface area contributed by atoms with Crippen LogP contribution in [-0.2, 0) is 0 Å². The molecule has 0 N–H and O–H groups in total. The fourth-order valence-electron chi connectivity index (χ4n) is 0.435. The van der Waals surface area contributed by atoms with Crippen molar-refractivity contribution in [3.05, 3.63) is 28.7 Å². The van der Waals surface area contributed by atoms with Gasteiger partial charge in [-0.15, -0.1) is 0 Å². The molecule has 0 amide bonds. The van der Waals surface area contributed by atoms with Crippen molar-refractivity contribution in [2.45, 2.75) is 4.90 Å². The highest BCUT2D eigenvalue weighted by atomic mass is 79.9. The number of rotatable bonds is 0. The minimum atomic E-state index is 0. The van der Waals surface area contributed by atoms with Crippen molar-refractivity contribution in [2.75, 3.05) is 0 Å². The molecule has 11 heavy (non-hydrogen) atoms. The van der Waals surface area contributed by atoms with Crippen molar-refractivity contribution in [2.24, 2.45) is 0 Å². The number of hydrogen-bond donors (Lipinski definition) is 0. The van der Waals surface area contributed by atoms with E-state index in [1.807, 2.05) is 24.3 Å². The van der Waals surface area contributed by atoms with Crippen LogP contribution in [0.5, 0.6) is 0 Å². The highest BCUT2D eigenvalue weighted by Crippen LogP contribution is 2.11. The minimum Gasteiger partial charge on any atom is -0.269 e. The molecule has 0 bridgehead atoms. The molecular formula is C6H7BrF3S. The molecule has 1 aromatic rings. The third-order valence-electron chi connectivity index (χ3n) is 0.814. The molecule has 0 saturated heterocycles. The summed E-state index contributed by atoms with van der Waals surface area (Å²) in [7, 11) is 0. The van der Waals surface area contributed by atoms with Gasteiger partial charge in [-0.05, 0) is 24.3 Å². The summed E-state index contributed by atoms with van der Waals surface area (Å²) in [6.45, 7) is 0. The predicted octanol–water partition coefficient (Wildman–Crippen LogP) is 3.46. The van der Waals surface area contributed by atoms with E-state index < -0.39 is 0 Å². The molecule has 1 radical (unpaired) electrons. The van der Waals surface area contributed by atoms with Crippen molar-refractivity contribution in [3.8, 4) is 0 Å². The Morgan fingerprint density at radius 3 is 1.55 bits per heavy atom. The molecule has 5 heteroatoms. The Hall–Kier alpha value is -0.290. The van der Waals surface area contributed by atoms with E-state index in [4.69, 9.17) is 12.6 Å². The van der Waals surface area contributed by atoms with Crippen LogP contribution in [0.2, 0.25) is 0 Å². The Labute approximate surface area is 76.6 Å². The van der Waals surface area contributed by atoms with Gasteiger partial charge in [0.2, 0.25) is 0 Å². The molecule has 0 unspecified atom stereocenters.